The number of ether oxygens (including phenoxy) is 1. The highest BCUT2D eigenvalue weighted by Crippen LogP contribution is 2.28. The number of hydrogen-bond acceptors (Lipinski definition) is 6. The van der Waals surface area contributed by atoms with E-state index < -0.39 is 0 Å². The first-order chi connectivity index (χ1) is 11.8. The monoisotopic (exact) mass is 348 g/mol. The Kier molecular flexibility index (Phi) is 6.12. The van der Waals surface area contributed by atoms with E-state index >= 15 is 0 Å². The highest BCUT2D eigenvalue weighted by atomic mass is 32.2. The van der Waals surface area contributed by atoms with Crippen LogP contribution >= 0.6 is 11.8 Å². The summed E-state index contributed by atoms with van der Waals surface area (Å²) in [7, 11) is 0. The fourth-order valence-corrected chi connectivity index (χ4v) is 3.55. The number of anilines is 1. The summed E-state index contributed by atoms with van der Waals surface area (Å²) in [6.07, 6.45) is 2.41. The van der Waals surface area contributed by atoms with Gasteiger partial charge in [-0.05, 0) is 31.9 Å². The van der Waals surface area contributed by atoms with E-state index in [9.17, 15) is 0 Å². The Hall–Kier alpha value is -1.57. The molecule has 1 aliphatic rings. The van der Waals surface area contributed by atoms with Crippen LogP contribution in [0.5, 0.6) is 0 Å². The van der Waals surface area contributed by atoms with E-state index in [0.717, 1.165) is 35.6 Å². The van der Waals surface area contributed by atoms with Crippen LogP contribution in [0, 0.1) is 6.92 Å². The van der Waals surface area contributed by atoms with Crippen molar-refractivity contribution in [3.8, 4) is 5.69 Å². The Morgan fingerprint density at radius 1 is 1.12 bits per heavy atom. The van der Waals surface area contributed by atoms with Crippen LogP contribution in [0.1, 0.15) is 18.4 Å². The van der Waals surface area contributed by atoms with Crippen LogP contribution in [0.15, 0.2) is 29.4 Å². The number of aryl methyl sites for hydroxylation is 1. The summed E-state index contributed by atoms with van der Waals surface area (Å²) in [5.41, 5.74) is 2.33. The number of aliphatic hydroxyl groups is 1. The molecule has 1 fully saturated rings. The molecular formula is C17H24N4O2S. The predicted octanol–water partition coefficient (Wildman–Crippen LogP) is 2.28. The third-order valence-corrected chi connectivity index (χ3v) is 4.89. The Morgan fingerprint density at radius 3 is 2.58 bits per heavy atom. The second-order valence-corrected chi connectivity index (χ2v) is 6.89. The Labute approximate surface area is 146 Å². The number of rotatable bonds is 8. The lowest BCUT2D eigenvalue weighted by atomic mass is 10.2. The first kappa shape index (κ1) is 17.3. The topological polar surface area (TPSA) is 63.4 Å². The molecule has 2 heterocycles. The highest BCUT2D eigenvalue weighted by molar-refractivity contribution is 7.99. The van der Waals surface area contributed by atoms with Crippen LogP contribution < -0.4 is 4.90 Å². The van der Waals surface area contributed by atoms with Crippen LogP contribution in [0.4, 0.5) is 5.95 Å². The molecule has 24 heavy (non-hydrogen) atoms. The van der Waals surface area contributed by atoms with Gasteiger partial charge in [-0.25, -0.2) is 0 Å². The van der Waals surface area contributed by atoms with Crippen LogP contribution in [-0.4, -0.2) is 58.5 Å². The summed E-state index contributed by atoms with van der Waals surface area (Å²) in [6.45, 7) is 5.19. The Balaban J connectivity index is 1.81. The molecule has 7 heteroatoms. The number of thioether (sulfide) groups is 1. The van der Waals surface area contributed by atoms with Crippen molar-refractivity contribution in [2.24, 2.45) is 0 Å². The van der Waals surface area contributed by atoms with Crippen molar-refractivity contribution in [3.63, 3.8) is 0 Å². The van der Waals surface area contributed by atoms with Crippen molar-refractivity contribution in [1.29, 1.82) is 0 Å². The molecule has 0 aliphatic carbocycles. The molecule has 1 N–H and O–H groups in total. The summed E-state index contributed by atoms with van der Waals surface area (Å²) in [6, 6.07) is 8.46. The molecule has 0 radical (unpaired) electrons. The SMILES string of the molecule is Cc1ccc(-n2c(SCCOCCO)nnc2N2CCCC2)cc1. The van der Waals surface area contributed by atoms with Gasteiger partial charge in [0.25, 0.3) is 0 Å². The van der Waals surface area contributed by atoms with Gasteiger partial charge < -0.3 is 14.7 Å². The summed E-state index contributed by atoms with van der Waals surface area (Å²) in [5.74, 6) is 1.71. The van der Waals surface area contributed by atoms with Gasteiger partial charge in [-0.1, -0.05) is 29.5 Å². The number of benzene rings is 1. The van der Waals surface area contributed by atoms with E-state index in [2.05, 4.69) is 50.9 Å². The lowest BCUT2D eigenvalue weighted by Gasteiger charge is -2.18. The average molecular weight is 348 g/mol. The zero-order valence-corrected chi connectivity index (χ0v) is 14.8. The van der Waals surface area contributed by atoms with Crippen molar-refractivity contribution in [2.75, 3.05) is 43.6 Å². The summed E-state index contributed by atoms with van der Waals surface area (Å²) in [4.78, 5) is 2.30. The third kappa shape index (κ3) is 4.09. The molecule has 1 saturated heterocycles. The van der Waals surface area contributed by atoms with Crippen LogP contribution in [0.25, 0.3) is 5.69 Å². The second-order valence-electron chi connectivity index (χ2n) is 5.83. The van der Waals surface area contributed by atoms with Gasteiger partial charge in [-0.2, -0.15) is 0 Å². The summed E-state index contributed by atoms with van der Waals surface area (Å²) in [5, 5.41) is 18.5. The lowest BCUT2D eigenvalue weighted by Crippen LogP contribution is -2.22. The molecule has 0 bridgehead atoms. The molecule has 1 aliphatic heterocycles. The molecule has 3 rings (SSSR count). The van der Waals surface area contributed by atoms with Gasteiger partial charge in [0.1, 0.15) is 0 Å². The highest BCUT2D eigenvalue weighted by Gasteiger charge is 2.22. The quantitative estimate of drug-likeness (QED) is 0.583. The predicted molar refractivity (Wildman–Crippen MR) is 96.2 cm³/mol. The second kappa shape index (κ2) is 8.50. The van der Waals surface area contributed by atoms with Gasteiger partial charge in [0.15, 0.2) is 5.16 Å². The average Bonchev–Trinajstić information content (AvgIpc) is 3.24. The van der Waals surface area contributed by atoms with Crippen molar-refractivity contribution in [2.45, 2.75) is 24.9 Å². The zero-order chi connectivity index (χ0) is 16.8. The fraction of sp³-hybridized carbons (Fsp3) is 0.529. The maximum Gasteiger partial charge on any atom is 0.232 e. The Bertz CT molecular complexity index is 639. The van der Waals surface area contributed by atoms with E-state index in [0.29, 0.717) is 13.2 Å². The van der Waals surface area contributed by atoms with E-state index in [1.165, 1.54) is 18.4 Å². The van der Waals surface area contributed by atoms with Gasteiger partial charge in [-0.15, -0.1) is 10.2 Å². The minimum Gasteiger partial charge on any atom is -0.394 e. The van der Waals surface area contributed by atoms with E-state index in [-0.39, 0.29) is 6.61 Å². The van der Waals surface area contributed by atoms with Crippen molar-refractivity contribution in [3.05, 3.63) is 29.8 Å². The van der Waals surface area contributed by atoms with Crippen LogP contribution in [0.2, 0.25) is 0 Å². The zero-order valence-electron chi connectivity index (χ0n) is 14.0. The molecule has 130 valence electrons. The normalized spacial score (nSPS) is 14.5. The van der Waals surface area contributed by atoms with Gasteiger partial charge in [0, 0.05) is 18.8 Å². The standard InChI is InChI=1S/C17H24N4O2S/c1-14-4-6-15(7-5-14)21-16(20-8-2-3-9-20)18-19-17(21)24-13-12-23-11-10-22/h4-7,22H,2-3,8-13H2,1H3. The molecule has 2 aromatic rings. The first-order valence-electron chi connectivity index (χ1n) is 8.38. The van der Waals surface area contributed by atoms with Gasteiger partial charge in [0.2, 0.25) is 5.95 Å². The number of nitrogens with zero attached hydrogens (tertiary/aromatic N) is 4. The lowest BCUT2D eigenvalue weighted by molar-refractivity contribution is 0.103. The third-order valence-electron chi connectivity index (χ3n) is 3.99. The number of aliphatic hydroxyl groups excluding tert-OH is 1. The number of aromatic nitrogens is 3. The minimum atomic E-state index is 0.0589. The van der Waals surface area contributed by atoms with Gasteiger partial charge >= 0.3 is 0 Å². The smallest absolute Gasteiger partial charge is 0.232 e. The van der Waals surface area contributed by atoms with Crippen LogP contribution in [-0.2, 0) is 4.74 Å². The van der Waals surface area contributed by atoms with Crippen molar-refractivity contribution < 1.29 is 9.84 Å². The minimum absolute atomic E-state index is 0.0589. The van der Waals surface area contributed by atoms with Gasteiger partial charge in [0.05, 0.1) is 25.5 Å². The summed E-state index contributed by atoms with van der Waals surface area (Å²) >= 11 is 1.63. The molecular weight excluding hydrogens is 324 g/mol. The number of hydrogen-bond donors (Lipinski definition) is 1. The molecule has 0 unspecified atom stereocenters. The molecule has 0 amide bonds. The fourth-order valence-electron chi connectivity index (χ4n) is 2.76. The van der Waals surface area contributed by atoms with Crippen molar-refractivity contribution >= 4 is 17.7 Å². The Morgan fingerprint density at radius 2 is 1.88 bits per heavy atom. The van der Waals surface area contributed by atoms with E-state index in [1.807, 2.05) is 0 Å². The molecule has 1 aromatic carbocycles. The molecule has 0 atom stereocenters. The maximum absolute atomic E-state index is 8.76. The molecule has 1 aromatic heterocycles. The molecule has 6 nitrogen and oxygen atoms in total. The largest absolute Gasteiger partial charge is 0.394 e. The maximum atomic E-state index is 8.76. The van der Waals surface area contributed by atoms with E-state index in [4.69, 9.17) is 9.84 Å². The van der Waals surface area contributed by atoms with E-state index in [1.54, 1.807) is 11.8 Å². The van der Waals surface area contributed by atoms with Crippen molar-refractivity contribution in [1.82, 2.24) is 14.8 Å². The molecule has 0 spiro atoms. The molecule has 0 saturated carbocycles. The summed E-state index contributed by atoms with van der Waals surface area (Å²) < 4.78 is 7.47. The van der Waals surface area contributed by atoms with Gasteiger partial charge in [-0.3, -0.25) is 4.57 Å². The van der Waals surface area contributed by atoms with Crippen LogP contribution in [0.3, 0.4) is 0 Å². The first-order valence-corrected chi connectivity index (χ1v) is 9.37.